The molecule has 3 aromatic rings. The van der Waals surface area contributed by atoms with Crippen molar-refractivity contribution in [2.45, 2.75) is 6.92 Å². The first-order valence-corrected chi connectivity index (χ1v) is 8.40. The van der Waals surface area contributed by atoms with Gasteiger partial charge in [0.1, 0.15) is 0 Å². The van der Waals surface area contributed by atoms with Crippen LogP contribution < -0.4 is 10.6 Å². The molecule has 0 atom stereocenters. The quantitative estimate of drug-likeness (QED) is 0.450. The van der Waals surface area contributed by atoms with Gasteiger partial charge >= 0.3 is 0 Å². The first kappa shape index (κ1) is 16.5. The Kier molecular flexibility index (Phi) is 5.17. The van der Waals surface area contributed by atoms with E-state index in [1.54, 1.807) is 0 Å². The summed E-state index contributed by atoms with van der Waals surface area (Å²) in [7, 11) is 0. The molecule has 3 rings (SSSR count). The highest BCUT2D eigenvalue weighted by molar-refractivity contribution is 7.71. The normalized spacial score (nSPS) is 10.6. The van der Waals surface area contributed by atoms with E-state index in [0.717, 1.165) is 22.9 Å². The number of rotatable bonds is 6. The lowest BCUT2D eigenvalue weighted by Gasteiger charge is -2.10. The second-order valence-electron chi connectivity index (χ2n) is 5.38. The summed E-state index contributed by atoms with van der Waals surface area (Å²) in [6, 6.07) is 15.8. The summed E-state index contributed by atoms with van der Waals surface area (Å²) in [5.74, 6) is 0.696. The average molecular weight is 360 g/mol. The van der Waals surface area contributed by atoms with Gasteiger partial charge in [-0.1, -0.05) is 29.3 Å². The van der Waals surface area contributed by atoms with Crippen LogP contribution in [0.4, 0.5) is 11.6 Å². The second kappa shape index (κ2) is 7.51. The van der Waals surface area contributed by atoms with Crippen molar-refractivity contribution in [1.29, 1.82) is 0 Å². The molecule has 1 aromatic heterocycles. The fourth-order valence-corrected chi connectivity index (χ4v) is 2.66. The molecule has 0 saturated carbocycles. The van der Waals surface area contributed by atoms with Gasteiger partial charge in [0.15, 0.2) is 0 Å². The van der Waals surface area contributed by atoms with Gasteiger partial charge in [0.05, 0.1) is 5.69 Å². The number of aryl methyl sites for hydroxylation is 1. The molecule has 0 spiro atoms. The predicted octanol–water partition coefficient (Wildman–Crippen LogP) is 4.42. The van der Waals surface area contributed by atoms with E-state index in [2.05, 4.69) is 39.9 Å². The molecule has 0 radical (unpaired) electrons. The predicted molar refractivity (Wildman–Crippen MR) is 102 cm³/mol. The van der Waals surface area contributed by atoms with Crippen LogP contribution in [0.25, 0.3) is 5.69 Å². The summed E-state index contributed by atoms with van der Waals surface area (Å²) >= 11 is 11.2. The van der Waals surface area contributed by atoms with Crippen molar-refractivity contribution in [1.82, 2.24) is 14.8 Å². The highest BCUT2D eigenvalue weighted by Gasteiger charge is 2.07. The van der Waals surface area contributed by atoms with Gasteiger partial charge in [0.25, 0.3) is 0 Å². The van der Waals surface area contributed by atoms with Crippen LogP contribution in [-0.4, -0.2) is 27.9 Å². The molecule has 0 unspecified atom stereocenters. The molecule has 0 saturated heterocycles. The molecule has 2 aromatic carbocycles. The summed E-state index contributed by atoms with van der Waals surface area (Å²) in [5, 5.41) is 14.4. The Morgan fingerprint density at radius 3 is 2.42 bits per heavy atom. The number of nitrogens with one attached hydrogen (secondary N) is 3. The molecule has 3 N–H and O–H groups in total. The van der Waals surface area contributed by atoms with E-state index in [-0.39, 0.29) is 0 Å². The monoisotopic (exact) mass is 359 g/mol. The largest absolute Gasteiger partial charge is 0.383 e. The number of aromatic nitrogens is 3. The molecule has 1 heterocycles. The van der Waals surface area contributed by atoms with E-state index in [9.17, 15) is 0 Å². The first-order valence-electron chi connectivity index (χ1n) is 7.61. The van der Waals surface area contributed by atoms with E-state index in [4.69, 9.17) is 23.8 Å². The van der Waals surface area contributed by atoms with Gasteiger partial charge in [0, 0.05) is 23.8 Å². The van der Waals surface area contributed by atoms with Gasteiger partial charge in [-0.15, -0.1) is 5.10 Å². The third-order valence-corrected chi connectivity index (χ3v) is 4.07. The lowest BCUT2D eigenvalue weighted by atomic mass is 10.2. The van der Waals surface area contributed by atoms with Crippen molar-refractivity contribution in [3.8, 4) is 5.69 Å². The zero-order valence-electron chi connectivity index (χ0n) is 13.2. The Morgan fingerprint density at radius 1 is 1.04 bits per heavy atom. The van der Waals surface area contributed by atoms with E-state index < -0.39 is 0 Å². The SMILES string of the molecule is Cc1ccc(-n2c(NCCNc3ccc(Cl)cc3)n[nH]c2=S)cc1. The molecule has 0 aliphatic rings. The number of halogens is 1. The minimum absolute atomic E-state index is 0.562. The number of nitrogens with zero attached hydrogens (tertiary/aromatic N) is 2. The summed E-state index contributed by atoms with van der Waals surface area (Å²) in [4.78, 5) is 0. The van der Waals surface area contributed by atoms with Gasteiger partial charge in [-0.3, -0.25) is 4.57 Å². The van der Waals surface area contributed by atoms with E-state index in [1.165, 1.54) is 5.56 Å². The van der Waals surface area contributed by atoms with Crippen LogP contribution in [0.15, 0.2) is 48.5 Å². The van der Waals surface area contributed by atoms with Gasteiger partial charge in [-0.25, -0.2) is 5.10 Å². The highest BCUT2D eigenvalue weighted by Crippen LogP contribution is 2.16. The number of benzene rings is 2. The molecule has 0 aliphatic carbocycles. The van der Waals surface area contributed by atoms with Crippen LogP contribution in [0.2, 0.25) is 5.02 Å². The van der Waals surface area contributed by atoms with E-state index in [1.807, 2.05) is 41.0 Å². The third-order valence-electron chi connectivity index (χ3n) is 3.55. The van der Waals surface area contributed by atoms with Crippen LogP contribution in [0.5, 0.6) is 0 Å². The van der Waals surface area contributed by atoms with Crippen LogP contribution in [0, 0.1) is 11.7 Å². The van der Waals surface area contributed by atoms with Crippen LogP contribution in [-0.2, 0) is 0 Å². The Morgan fingerprint density at radius 2 is 1.71 bits per heavy atom. The smallest absolute Gasteiger partial charge is 0.227 e. The molecule has 0 aliphatic heterocycles. The topological polar surface area (TPSA) is 57.7 Å². The molecule has 0 bridgehead atoms. The number of hydrogen-bond donors (Lipinski definition) is 3. The van der Waals surface area contributed by atoms with Crippen molar-refractivity contribution in [2.75, 3.05) is 23.7 Å². The lowest BCUT2D eigenvalue weighted by molar-refractivity contribution is 0.984. The molecular weight excluding hydrogens is 342 g/mol. The van der Waals surface area contributed by atoms with Crippen molar-refractivity contribution in [3.05, 3.63) is 63.9 Å². The zero-order valence-corrected chi connectivity index (χ0v) is 14.8. The molecule has 0 amide bonds. The molecule has 0 fully saturated rings. The van der Waals surface area contributed by atoms with E-state index in [0.29, 0.717) is 17.3 Å². The molecular formula is C17H18ClN5S. The molecule has 7 heteroatoms. The second-order valence-corrected chi connectivity index (χ2v) is 6.21. The lowest BCUT2D eigenvalue weighted by Crippen LogP contribution is -2.16. The minimum Gasteiger partial charge on any atom is -0.383 e. The van der Waals surface area contributed by atoms with Crippen molar-refractivity contribution < 1.29 is 0 Å². The van der Waals surface area contributed by atoms with Crippen molar-refractivity contribution in [2.24, 2.45) is 0 Å². The van der Waals surface area contributed by atoms with Gasteiger partial charge in [-0.2, -0.15) is 0 Å². The molecule has 124 valence electrons. The molecule has 5 nitrogen and oxygen atoms in total. The maximum Gasteiger partial charge on any atom is 0.227 e. The van der Waals surface area contributed by atoms with Crippen molar-refractivity contribution in [3.63, 3.8) is 0 Å². The Bertz CT molecular complexity index is 852. The van der Waals surface area contributed by atoms with E-state index >= 15 is 0 Å². The molecule has 24 heavy (non-hydrogen) atoms. The number of H-pyrrole nitrogens is 1. The summed E-state index contributed by atoms with van der Waals surface area (Å²) < 4.78 is 2.45. The number of hydrogen-bond acceptors (Lipinski definition) is 4. The van der Waals surface area contributed by atoms with Gasteiger partial charge < -0.3 is 10.6 Å². The average Bonchev–Trinajstić information content (AvgIpc) is 2.95. The standard InChI is InChI=1S/C17H18ClN5S/c1-12-2-8-15(9-3-12)23-16(21-22-17(23)24)20-11-10-19-14-6-4-13(18)5-7-14/h2-9,19H,10-11H2,1H3,(H,20,21)(H,22,24). The maximum absolute atomic E-state index is 5.88. The first-order chi connectivity index (χ1) is 11.6. The highest BCUT2D eigenvalue weighted by atomic mass is 35.5. The fourth-order valence-electron chi connectivity index (χ4n) is 2.30. The number of anilines is 2. The third kappa shape index (κ3) is 3.96. The Labute approximate surface area is 150 Å². The summed E-state index contributed by atoms with van der Waals surface area (Å²) in [6.07, 6.45) is 0. The Balaban J connectivity index is 1.63. The van der Waals surface area contributed by atoms with Crippen LogP contribution in [0.1, 0.15) is 5.56 Å². The van der Waals surface area contributed by atoms with Crippen molar-refractivity contribution >= 4 is 35.5 Å². The summed E-state index contributed by atoms with van der Waals surface area (Å²) in [5.41, 5.74) is 3.21. The number of aromatic amines is 1. The zero-order chi connectivity index (χ0) is 16.9. The minimum atomic E-state index is 0.562. The fraction of sp³-hybridized carbons (Fsp3) is 0.176. The Hall–Kier alpha value is -2.31. The van der Waals surface area contributed by atoms with Crippen LogP contribution in [0.3, 0.4) is 0 Å². The van der Waals surface area contributed by atoms with Gasteiger partial charge in [-0.05, 0) is 55.5 Å². The summed E-state index contributed by atoms with van der Waals surface area (Å²) in [6.45, 7) is 3.50. The maximum atomic E-state index is 5.88. The van der Waals surface area contributed by atoms with Gasteiger partial charge in [0.2, 0.25) is 10.7 Å². The van der Waals surface area contributed by atoms with Crippen LogP contribution >= 0.6 is 23.8 Å².